The van der Waals surface area contributed by atoms with E-state index in [1.54, 1.807) is 0 Å². The number of hydrogen-bond acceptors (Lipinski definition) is 3. The van der Waals surface area contributed by atoms with Crippen molar-refractivity contribution in [1.82, 2.24) is 15.3 Å². The van der Waals surface area contributed by atoms with Gasteiger partial charge in [-0.2, -0.15) is 0 Å². The topological polar surface area (TPSA) is 66.7 Å². The van der Waals surface area contributed by atoms with Gasteiger partial charge in [-0.1, -0.05) is 19.9 Å². The molecule has 4 heteroatoms. The summed E-state index contributed by atoms with van der Waals surface area (Å²) in [6, 6.07) is 11.2. The van der Waals surface area contributed by atoms with Crippen LogP contribution in [0.4, 0.5) is 0 Å². The molecular weight excluding hydrogens is 320 g/mol. The van der Waals surface area contributed by atoms with Gasteiger partial charge in [0, 0.05) is 29.2 Å². The number of H-pyrrole nitrogens is 1. The van der Waals surface area contributed by atoms with Crippen LogP contribution in [0.5, 0.6) is 0 Å². The Morgan fingerprint density at radius 3 is 2.69 bits per heavy atom. The van der Waals surface area contributed by atoms with Crippen molar-refractivity contribution < 1.29 is 0 Å². The lowest BCUT2D eigenvalue weighted by Gasteiger charge is -2.23. The summed E-state index contributed by atoms with van der Waals surface area (Å²) in [5.74, 6) is 1.11. The van der Waals surface area contributed by atoms with Crippen LogP contribution in [-0.4, -0.2) is 23.1 Å². The van der Waals surface area contributed by atoms with E-state index in [2.05, 4.69) is 59.5 Å². The summed E-state index contributed by atoms with van der Waals surface area (Å²) < 4.78 is 0. The Balaban J connectivity index is 1.84. The zero-order valence-electron chi connectivity index (χ0n) is 15.7. The first kappa shape index (κ1) is 17.3. The van der Waals surface area contributed by atoms with Crippen LogP contribution in [0, 0.1) is 0 Å². The molecule has 1 saturated heterocycles. The van der Waals surface area contributed by atoms with E-state index < -0.39 is 0 Å². The maximum absolute atomic E-state index is 5.79. The minimum Gasteiger partial charge on any atom is -0.354 e. The second-order valence-electron chi connectivity index (χ2n) is 7.64. The molecule has 0 bridgehead atoms. The quantitative estimate of drug-likeness (QED) is 0.659. The molecule has 1 aromatic carbocycles. The Morgan fingerprint density at radius 2 is 1.96 bits per heavy atom. The van der Waals surface area contributed by atoms with Crippen LogP contribution in [0.3, 0.4) is 0 Å². The second-order valence-corrected chi connectivity index (χ2v) is 7.64. The average Bonchev–Trinajstić information content (AvgIpc) is 3.07. The Labute approximate surface area is 155 Å². The number of nitrogens with one attached hydrogen (secondary N) is 2. The van der Waals surface area contributed by atoms with E-state index in [-0.39, 0.29) is 0 Å². The molecule has 0 atom stereocenters. The molecule has 3 heterocycles. The molecule has 1 aliphatic rings. The van der Waals surface area contributed by atoms with E-state index in [9.17, 15) is 0 Å². The molecule has 2 aromatic heterocycles. The summed E-state index contributed by atoms with van der Waals surface area (Å²) in [4.78, 5) is 8.00. The molecule has 0 spiro atoms. The lowest BCUT2D eigenvalue weighted by Crippen LogP contribution is -2.26. The highest BCUT2D eigenvalue weighted by atomic mass is 14.9. The van der Waals surface area contributed by atoms with Crippen molar-refractivity contribution in [2.75, 3.05) is 13.1 Å². The van der Waals surface area contributed by atoms with Crippen molar-refractivity contribution in [2.24, 2.45) is 5.73 Å². The molecule has 4 nitrogen and oxygen atoms in total. The molecule has 4 rings (SSSR count). The first-order chi connectivity index (χ1) is 12.7. The standard InChI is InChI=1S/C22H28N4/c1-14(2)21-19-12-16(15-5-8-24-9-6-15)3-4-20(19)26-22(21)17-7-10-25-18(11-17)13-23/h3-4,7,10-12,14-15,24,26H,5-6,8-9,13,23H2,1-2H3. The van der Waals surface area contributed by atoms with E-state index in [0.29, 0.717) is 18.4 Å². The van der Waals surface area contributed by atoms with Gasteiger partial charge >= 0.3 is 0 Å². The number of aromatic amines is 1. The summed E-state index contributed by atoms with van der Waals surface area (Å²) in [5, 5.41) is 4.82. The van der Waals surface area contributed by atoms with E-state index in [1.807, 2.05) is 6.20 Å². The van der Waals surface area contributed by atoms with Crippen LogP contribution >= 0.6 is 0 Å². The summed E-state index contributed by atoms with van der Waals surface area (Å²) in [6.07, 6.45) is 4.31. The van der Waals surface area contributed by atoms with Gasteiger partial charge in [0.1, 0.15) is 0 Å². The SMILES string of the molecule is CC(C)c1c(-c2ccnc(CN)c2)[nH]c2ccc(C3CCNCC3)cc12. The van der Waals surface area contributed by atoms with Crippen LogP contribution in [0.1, 0.15) is 55.3 Å². The molecule has 0 radical (unpaired) electrons. The number of piperidine rings is 1. The molecule has 0 amide bonds. The molecule has 1 aliphatic heterocycles. The van der Waals surface area contributed by atoms with Crippen LogP contribution in [0.25, 0.3) is 22.2 Å². The number of nitrogens with two attached hydrogens (primary N) is 1. The maximum Gasteiger partial charge on any atom is 0.0546 e. The molecular formula is C22H28N4. The predicted molar refractivity (Wildman–Crippen MR) is 108 cm³/mol. The van der Waals surface area contributed by atoms with Gasteiger partial charge < -0.3 is 16.0 Å². The van der Waals surface area contributed by atoms with E-state index in [4.69, 9.17) is 5.73 Å². The Morgan fingerprint density at radius 1 is 1.15 bits per heavy atom. The zero-order valence-corrected chi connectivity index (χ0v) is 15.7. The van der Waals surface area contributed by atoms with Crippen molar-refractivity contribution in [3.63, 3.8) is 0 Å². The Bertz CT molecular complexity index is 904. The number of rotatable bonds is 4. The van der Waals surface area contributed by atoms with Gasteiger partial charge in [-0.25, -0.2) is 0 Å². The van der Waals surface area contributed by atoms with Gasteiger partial charge in [0.05, 0.1) is 11.4 Å². The Kier molecular flexibility index (Phi) is 4.79. The summed E-state index contributed by atoms with van der Waals surface area (Å²) in [6.45, 7) is 7.25. The third-order valence-electron chi connectivity index (χ3n) is 5.57. The van der Waals surface area contributed by atoms with Crippen molar-refractivity contribution in [3.8, 4) is 11.3 Å². The largest absolute Gasteiger partial charge is 0.354 e. The lowest BCUT2D eigenvalue weighted by atomic mass is 9.88. The highest BCUT2D eigenvalue weighted by Gasteiger charge is 2.20. The third kappa shape index (κ3) is 3.15. The highest BCUT2D eigenvalue weighted by Crippen LogP contribution is 2.37. The summed E-state index contributed by atoms with van der Waals surface area (Å²) in [5.41, 5.74) is 13.2. The van der Waals surface area contributed by atoms with Gasteiger partial charge in [0.2, 0.25) is 0 Å². The van der Waals surface area contributed by atoms with Crippen molar-refractivity contribution in [2.45, 2.75) is 45.1 Å². The van der Waals surface area contributed by atoms with Gasteiger partial charge in [-0.3, -0.25) is 4.98 Å². The number of fused-ring (bicyclic) bond motifs is 1. The normalized spacial score (nSPS) is 15.8. The molecule has 1 fully saturated rings. The monoisotopic (exact) mass is 348 g/mol. The molecule has 0 aliphatic carbocycles. The van der Waals surface area contributed by atoms with Crippen molar-refractivity contribution >= 4 is 10.9 Å². The number of nitrogens with zero attached hydrogens (tertiary/aromatic N) is 1. The fraction of sp³-hybridized carbons (Fsp3) is 0.409. The highest BCUT2D eigenvalue weighted by molar-refractivity contribution is 5.92. The van der Waals surface area contributed by atoms with Crippen LogP contribution < -0.4 is 11.1 Å². The molecule has 26 heavy (non-hydrogen) atoms. The lowest BCUT2D eigenvalue weighted by molar-refractivity contribution is 0.460. The van der Waals surface area contributed by atoms with E-state index in [1.165, 1.54) is 46.1 Å². The number of hydrogen-bond donors (Lipinski definition) is 3. The molecule has 3 aromatic rings. The van der Waals surface area contributed by atoms with Crippen LogP contribution in [-0.2, 0) is 6.54 Å². The minimum absolute atomic E-state index is 0.441. The van der Waals surface area contributed by atoms with Crippen molar-refractivity contribution in [1.29, 1.82) is 0 Å². The first-order valence-corrected chi connectivity index (χ1v) is 9.69. The van der Waals surface area contributed by atoms with Crippen molar-refractivity contribution in [3.05, 3.63) is 53.3 Å². The van der Waals surface area contributed by atoms with Gasteiger partial charge in [0.15, 0.2) is 0 Å². The summed E-state index contributed by atoms with van der Waals surface area (Å²) in [7, 11) is 0. The number of aromatic nitrogens is 2. The molecule has 136 valence electrons. The third-order valence-corrected chi connectivity index (χ3v) is 5.57. The van der Waals surface area contributed by atoms with Gasteiger partial charge in [-0.15, -0.1) is 0 Å². The zero-order chi connectivity index (χ0) is 18.1. The first-order valence-electron chi connectivity index (χ1n) is 9.69. The molecule has 4 N–H and O–H groups in total. The summed E-state index contributed by atoms with van der Waals surface area (Å²) >= 11 is 0. The number of pyridine rings is 1. The fourth-order valence-corrected chi connectivity index (χ4v) is 4.21. The van der Waals surface area contributed by atoms with Crippen LogP contribution in [0.15, 0.2) is 36.5 Å². The smallest absolute Gasteiger partial charge is 0.0546 e. The van der Waals surface area contributed by atoms with E-state index in [0.717, 1.165) is 18.8 Å². The fourth-order valence-electron chi connectivity index (χ4n) is 4.21. The maximum atomic E-state index is 5.79. The van der Waals surface area contributed by atoms with Crippen LogP contribution in [0.2, 0.25) is 0 Å². The molecule has 0 unspecified atom stereocenters. The minimum atomic E-state index is 0.441. The second kappa shape index (κ2) is 7.22. The Hall–Kier alpha value is -2.17. The van der Waals surface area contributed by atoms with E-state index >= 15 is 0 Å². The predicted octanol–water partition coefficient (Wildman–Crippen LogP) is 4.28. The number of benzene rings is 1. The van der Waals surface area contributed by atoms with Gasteiger partial charge in [0.25, 0.3) is 0 Å². The van der Waals surface area contributed by atoms with Gasteiger partial charge in [-0.05, 0) is 73.2 Å². The molecule has 0 saturated carbocycles. The average molecular weight is 348 g/mol.